The highest BCUT2D eigenvalue weighted by molar-refractivity contribution is 4.95. The van der Waals surface area contributed by atoms with Crippen molar-refractivity contribution in [3.63, 3.8) is 0 Å². The van der Waals surface area contributed by atoms with Crippen LogP contribution in [0.1, 0.15) is 51.9 Å². The zero-order chi connectivity index (χ0) is 11.7. The summed E-state index contributed by atoms with van der Waals surface area (Å²) in [4.78, 5) is 2.71. The van der Waals surface area contributed by atoms with Crippen LogP contribution in [0.15, 0.2) is 0 Å². The lowest BCUT2D eigenvalue weighted by Gasteiger charge is -2.29. The first kappa shape index (κ1) is 12.0. The molecule has 2 heteroatoms. The predicted octanol–water partition coefficient (Wildman–Crippen LogP) is 2.64. The van der Waals surface area contributed by atoms with Crippen LogP contribution in [0.5, 0.6) is 0 Å². The van der Waals surface area contributed by atoms with Crippen molar-refractivity contribution in [2.45, 2.75) is 64.0 Å². The van der Waals surface area contributed by atoms with E-state index in [9.17, 15) is 0 Å². The Bertz CT molecular complexity index is 245. The summed E-state index contributed by atoms with van der Waals surface area (Å²) < 4.78 is 0. The van der Waals surface area contributed by atoms with Crippen LogP contribution in [0.25, 0.3) is 0 Å². The second-order valence-electron chi connectivity index (χ2n) is 6.67. The third-order valence-corrected chi connectivity index (χ3v) is 5.41. The number of nitrogens with one attached hydrogen (secondary N) is 1. The van der Waals surface area contributed by atoms with Crippen molar-refractivity contribution < 1.29 is 0 Å². The highest BCUT2D eigenvalue weighted by atomic mass is 15.2. The standard InChI is InChI=1S/C15H28N2/c1-12-4-6-13(7-5-12)11-16-14-8-10-17-9-2-3-15(14)17/h12-16H,2-11H2,1H3. The Morgan fingerprint density at radius 2 is 1.82 bits per heavy atom. The summed E-state index contributed by atoms with van der Waals surface area (Å²) in [5, 5.41) is 3.90. The molecule has 1 saturated carbocycles. The van der Waals surface area contributed by atoms with Crippen LogP contribution in [0, 0.1) is 11.8 Å². The van der Waals surface area contributed by atoms with Gasteiger partial charge in [0, 0.05) is 18.6 Å². The molecule has 2 atom stereocenters. The van der Waals surface area contributed by atoms with Gasteiger partial charge in [0.15, 0.2) is 0 Å². The van der Waals surface area contributed by atoms with Gasteiger partial charge in [-0.1, -0.05) is 19.8 Å². The SMILES string of the molecule is CC1CCC(CNC2CCN3CCCC23)CC1. The van der Waals surface area contributed by atoms with E-state index in [1.54, 1.807) is 0 Å². The molecule has 0 spiro atoms. The van der Waals surface area contributed by atoms with Crippen molar-refractivity contribution in [2.24, 2.45) is 11.8 Å². The van der Waals surface area contributed by atoms with Crippen molar-refractivity contribution >= 4 is 0 Å². The quantitative estimate of drug-likeness (QED) is 0.810. The van der Waals surface area contributed by atoms with Gasteiger partial charge in [-0.05, 0) is 57.0 Å². The molecule has 2 heterocycles. The molecule has 2 unspecified atom stereocenters. The maximum absolute atomic E-state index is 3.90. The van der Waals surface area contributed by atoms with Crippen LogP contribution in [0.2, 0.25) is 0 Å². The number of nitrogens with zero attached hydrogens (tertiary/aromatic N) is 1. The highest BCUT2D eigenvalue weighted by Gasteiger charge is 2.36. The molecule has 0 aromatic heterocycles. The fraction of sp³-hybridized carbons (Fsp3) is 1.00. The summed E-state index contributed by atoms with van der Waals surface area (Å²) in [7, 11) is 0. The second-order valence-corrected chi connectivity index (χ2v) is 6.67. The van der Waals surface area contributed by atoms with E-state index in [0.29, 0.717) is 0 Å². The van der Waals surface area contributed by atoms with E-state index >= 15 is 0 Å². The molecule has 2 aliphatic heterocycles. The Kier molecular flexibility index (Phi) is 3.72. The molecular formula is C15H28N2. The summed E-state index contributed by atoms with van der Waals surface area (Å²) in [6.07, 6.45) is 10.1. The first-order valence-corrected chi connectivity index (χ1v) is 7.80. The molecule has 3 aliphatic rings. The Balaban J connectivity index is 1.42. The minimum absolute atomic E-state index is 0.817. The van der Waals surface area contributed by atoms with Crippen molar-refractivity contribution in [1.82, 2.24) is 10.2 Å². The molecular weight excluding hydrogens is 208 g/mol. The van der Waals surface area contributed by atoms with E-state index in [0.717, 1.165) is 23.9 Å². The van der Waals surface area contributed by atoms with E-state index in [-0.39, 0.29) is 0 Å². The van der Waals surface area contributed by atoms with Crippen LogP contribution in [0.3, 0.4) is 0 Å². The molecule has 1 N–H and O–H groups in total. The van der Waals surface area contributed by atoms with Gasteiger partial charge in [0.2, 0.25) is 0 Å². The van der Waals surface area contributed by atoms with Gasteiger partial charge in [-0.15, -0.1) is 0 Å². The van der Waals surface area contributed by atoms with Crippen molar-refractivity contribution in [3.05, 3.63) is 0 Å². The Labute approximate surface area is 106 Å². The third kappa shape index (κ3) is 2.68. The summed E-state index contributed by atoms with van der Waals surface area (Å²) in [5.41, 5.74) is 0. The zero-order valence-corrected chi connectivity index (χ0v) is 11.3. The van der Waals surface area contributed by atoms with Crippen LogP contribution in [-0.2, 0) is 0 Å². The van der Waals surface area contributed by atoms with Crippen molar-refractivity contribution in [2.75, 3.05) is 19.6 Å². The summed E-state index contributed by atoms with van der Waals surface area (Å²) >= 11 is 0. The lowest BCUT2D eigenvalue weighted by molar-refractivity contribution is 0.257. The number of fused-ring (bicyclic) bond motifs is 1. The second kappa shape index (κ2) is 5.27. The molecule has 2 saturated heterocycles. The summed E-state index contributed by atoms with van der Waals surface area (Å²) in [5.74, 6) is 1.96. The largest absolute Gasteiger partial charge is 0.312 e. The molecule has 0 radical (unpaired) electrons. The smallest absolute Gasteiger partial charge is 0.0250 e. The van der Waals surface area contributed by atoms with E-state index in [1.165, 1.54) is 64.6 Å². The van der Waals surface area contributed by atoms with Gasteiger partial charge in [-0.25, -0.2) is 0 Å². The maximum Gasteiger partial charge on any atom is 0.0250 e. The molecule has 0 bridgehead atoms. The Morgan fingerprint density at radius 3 is 2.65 bits per heavy atom. The normalized spacial score (nSPS) is 42.9. The van der Waals surface area contributed by atoms with Gasteiger partial charge in [0.1, 0.15) is 0 Å². The van der Waals surface area contributed by atoms with Gasteiger partial charge in [-0.2, -0.15) is 0 Å². The Hall–Kier alpha value is -0.0800. The number of hydrogen-bond acceptors (Lipinski definition) is 2. The lowest BCUT2D eigenvalue weighted by Crippen LogP contribution is -2.41. The number of hydrogen-bond donors (Lipinski definition) is 1. The van der Waals surface area contributed by atoms with Crippen molar-refractivity contribution in [3.8, 4) is 0 Å². The first-order valence-electron chi connectivity index (χ1n) is 7.80. The Morgan fingerprint density at radius 1 is 1.00 bits per heavy atom. The van der Waals surface area contributed by atoms with Crippen LogP contribution < -0.4 is 5.32 Å². The molecule has 0 aromatic rings. The monoisotopic (exact) mass is 236 g/mol. The van der Waals surface area contributed by atoms with Gasteiger partial charge >= 0.3 is 0 Å². The summed E-state index contributed by atoms with van der Waals surface area (Å²) in [6.45, 7) is 6.42. The fourth-order valence-electron chi connectivity index (χ4n) is 4.17. The molecule has 98 valence electrons. The minimum Gasteiger partial charge on any atom is -0.312 e. The predicted molar refractivity (Wildman–Crippen MR) is 72.1 cm³/mol. The topological polar surface area (TPSA) is 15.3 Å². The van der Waals surface area contributed by atoms with Gasteiger partial charge in [0.25, 0.3) is 0 Å². The first-order chi connectivity index (χ1) is 8.33. The van der Waals surface area contributed by atoms with Crippen LogP contribution in [0.4, 0.5) is 0 Å². The molecule has 17 heavy (non-hydrogen) atoms. The maximum atomic E-state index is 3.90. The van der Waals surface area contributed by atoms with E-state index in [1.807, 2.05) is 0 Å². The molecule has 3 fully saturated rings. The van der Waals surface area contributed by atoms with Gasteiger partial charge in [-0.3, -0.25) is 4.90 Å². The van der Waals surface area contributed by atoms with Crippen LogP contribution >= 0.6 is 0 Å². The average molecular weight is 236 g/mol. The average Bonchev–Trinajstić information content (AvgIpc) is 2.91. The lowest BCUT2D eigenvalue weighted by atomic mass is 9.83. The molecule has 0 aromatic carbocycles. The fourth-order valence-corrected chi connectivity index (χ4v) is 4.17. The van der Waals surface area contributed by atoms with Crippen molar-refractivity contribution in [1.29, 1.82) is 0 Å². The zero-order valence-electron chi connectivity index (χ0n) is 11.3. The molecule has 2 nitrogen and oxygen atoms in total. The van der Waals surface area contributed by atoms with E-state index < -0.39 is 0 Å². The number of rotatable bonds is 3. The molecule has 3 rings (SSSR count). The van der Waals surface area contributed by atoms with Gasteiger partial charge < -0.3 is 5.32 Å². The van der Waals surface area contributed by atoms with E-state index in [2.05, 4.69) is 17.1 Å². The highest BCUT2D eigenvalue weighted by Crippen LogP contribution is 2.30. The van der Waals surface area contributed by atoms with E-state index in [4.69, 9.17) is 0 Å². The third-order valence-electron chi connectivity index (χ3n) is 5.41. The van der Waals surface area contributed by atoms with Gasteiger partial charge in [0.05, 0.1) is 0 Å². The molecule has 1 aliphatic carbocycles. The summed E-state index contributed by atoms with van der Waals surface area (Å²) in [6, 6.07) is 1.70. The van der Waals surface area contributed by atoms with Crippen LogP contribution in [-0.4, -0.2) is 36.6 Å². The molecule has 0 amide bonds. The minimum atomic E-state index is 0.817.